The Balaban J connectivity index is 1.97. The molecule has 0 aliphatic carbocycles. The van der Waals surface area contributed by atoms with Crippen molar-refractivity contribution in [3.63, 3.8) is 0 Å². The molecule has 0 saturated carbocycles. The second-order valence-corrected chi connectivity index (χ2v) is 11.5. The highest BCUT2D eigenvalue weighted by atomic mass is 35.5. The van der Waals surface area contributed by atoms with Gasteiger partial charge in [-0.2, -0.15) is 4.31 Å². The van der Waals surface area contributed by atoms with Crippen molar-refractivity contribution in [2.45, 2.75) is 39.5 Å². The van der Waals surface area contributed by atoms with Gasteiger partial charge in [-0.15, -0.1) is 0 Å². The summed E-state index contributed by atoms with van der Waals surface area (Å²) in [6.45, 7) is 13.4. The molecule has 0 aliphatic rings. The molecule has 0 N–H and O–H groups in total. The van der Waals surface area contributed by atoms with Crippen LogP contribution in [0.25, 0.3) is 10.2 Å². The predicted molar refractivity (Wildman–Crippen MR) is 145 cm³/mol. The smallest absolute Gasteiger partial charge is 0.260 e. The fourth-order valence-corrected chi connectivity index (χ4v) is 6.86. The number of benzene rings is 2. The second kappa shape index (κ2) is 11.8. The Morgan fingerprint density at radius 1 is 0.971 bits per heavy atom. The molecule has 1 amide bonds. The maximum Gasteiger partial charge on any atom is 0.260 e. The normalized spacial score (nSPS) is 12.1. The second-order valence-electron chi connectivity index (χ2n) is 8.16. The van der Waals surface area contributed by atoms with Crippen molar-refractivity contribution >= 4 is 54.2 Å². The van der Waals surface area contributed by atoms with Crippen LogP contribution in [0.3, 0.4) is 0 Å². The number of sulfonamides is 1. The summed E-state index contributed by atoms with van der Waals surface area (Å²) in [6.07, 6.45) is 0. The first-order valence-electron chi connectivity index (χ1n) is 11.9. The van der Waals surface area contributed by atoms with Gasteiger partial charge < -0.3 is 4.90 Å². The van der Waals surface area contributed by atoms with Crippen molar-refractivity contribution < 1.29 is 13.2 Å². The lowest BCUT2D eigenvalue weighted by atomic mass is 10.2. The lowest BCUT2D eigenvalue weighted by Gasteiger charge is -2.25. The molecule has 1 heterocycles. The van der Waals surface area contributed by atoms with Gasteiger partial charge in [0.2, 0.25) is 10.0 Å². The molecule has 3 aromatic rings. The summed E-state index contributed by atoms with van der Waals surface area (Å²) in [7, 11) is -3.59. The van der Waals surface area contributed by atoms with Crippen molar-refractivity contribution in [3.8, 4) is 0 Å². The average molecular weight is 537 g/mol. The highest BCUT2D eigenvalue weighted by Gasteiger charge is 2.25. The molecule has 0 unspecified atom stereocenters. The maximum absolute atomic E-state index is 13.7. The van der Waals surface area contributed by atoms with Gasteiger partial charge in [-0.1, -0.05) is 50.6 Å². The van der Waals surface area contributed by atoms with E-state index in [9.17, 15) is 13.2 Å². The molecule has 3 rings (SSSR count). The van der Waals surface area contributed by atoms with Gasteiger partial charge in [0.25, 0.3) is 5.91 Å². The van der Waals surface area contributed by atoms with Crippen LogP contribution in [0.1, 0.15) is 43.6 Å². The van der Waals surface area contributed by atoms with E-state index >= 15 is 0 Å². The average Bonchev–Trinajstić information content (AvgIpc) is 3.26. The number of likely N-dealkylation sites (N-methyl/N-ethyl adjacent to an activating group) is 1. The number of carbonyl (C=O) groups excluding carboxylic acids is 1. The Morgan fingerprint density at radius 2 is 1.60 bits per heavy atom. The van der Waals surface area contributed by atoms with Crippen LogP contribution in [-0.4, -0.2) is 67.8 Å². The van der Waals surface area contributed by atoms with Gasteiger partial charge in [0.15, 0.2) is 5.13 Å². The number of halogens is 1. The first-order chi connectivity index (χ1) is 16.7. The molecule has 35 heavy (non-hydrogen) atoms. The Labute approximate surface area is 217 Å². The number of fused-ring (bicyclic) bond motifs is 1. The van der Waals surface area contributed by atoms with Crippen molar-refractivity contribution in [1.82, 2.24) is 14.2 Å². The quantitative estimate of drug-likeness (QED) is 0.333. The summed E-state index contributed by atoms with van der Waals surface area (Å²) in [5.74, 6) is -0.216. The van der Waals surface area contributed by atoms with E-state index in [1.54, 1.807) is 30.9 Å². The Morgan fingerprint density at radius 3 is 2.17 bits per heavy atom. The van der Waals surface area contributed by atoms with E-state index in [4.69, 9.17) is 16.6 Å². The minimum absolute atomic E-state index is 0.178. The van der Waals surface area contributed by atoms with Gasteiger partial charge in [-0.3, -0.25) is 9.69 Å². The van der Waals surface area contributed by atoms with E-state index < -0.39 is 10.0 Å². The first-order valence-corrected chi connectivity index (χ1v) is 14.5. The van der Waals surface area contributed by atoms with E-state index in [0.29, 0.717) is 41.9 Å². The van der Waals surface area contributed by atoms with Crippen LogP contribution in [0.4, 0.5) is 5.13 Å². The van der Waals surface area contributed by atoms with E-state index in [1.807, 2.05) is 19.1 Å². The van der Waals surface area contributed by atoms with Gasteiger partial charge in [0, 0.05) is 36.8 Å². The number of aryl methyl sites for hydroxylation is 1. The van der Waals surface area contributed by atoms with Crippen molar-refractivity contribution in [2.75, 3.05) is 44.2 Å². The number of thiazole rings is 1. The Hall–Kier alpha value is -2.04. The number of amides is 1. The highest BCUT2D eigenvalue weighted by molar-refractivity contribution is 7.89. The molecule has 0 fully saturated rings. The summed E-state index contributed by atoms with van der Waals surface area (Å²) >= 11 is 7.67. The molecule has 10 heteroatoms. The number of rotatable bonds is 11. The standard InChI is InChI=1S/C25H33ClN4O3S2/c1-6-28(7-2)14-15-30(25-27-23-18(5)16-20(26)17-22(23)34-25)24(31)19-10-12-21(13-11-19)35(32,33)29(8-3)9-4/h10-13,16-17H,6-9,14-15H2,1-5H3. The van der Waals surface area contributed by atoms with Gasteiger partial charge in [-0.25, -0.2) is 13.4 Å². The predicted octanol–water partition coefficient (Wildman–Crippen LogP) is 5.28. The summed E-state index contributed by atoms with van der Waals surface area (Å²) < 4.78 is 28.0. The van der Waals surface area contributed by atoms with Crippen LogP contribution < -0.4 is 4.90 Å². The molecular weight excluding hydrogens is 504 g/mol. The van der Waals surface area contributed by atoms with Gasteiger partial charge in [-0.05, 0) is 62.0 Å². The molecule has 7 nitrogen and oxygen atoms in total. The number of nitrogens with zero attached hydrogens (tertiary/aromatic N) is 4. The minimum Gasteiger partial charge on any atom is -0.302 e. The lowest BCUT2D eigenvalue weighted by Crippen LogP contribution is -2.39. The number of aromatic nitrogens is 1. The SMILES string of the molecule is CCN(CC)CCN(C(=O)c1ccc(S(=O)(=O)N(CC)CC)cc1)c1nc2c(C)cc(Cl)cc2s1. The zero-order chi connectivity index (χ0) is 25.8. The van der Waals surface area contributed by atoms with Crippen molar-refractivity contribution in [1.29, 1.82) is 0 Å². The lowest BCUT2D eigenvalue weighted by molar-refractivity contribution is 0.0983. The maximum atomic E-state index is 13.7. The van der Waals surface area contributed by atoms with Crippen LogP contribution in [0.15, 0.2) is 41.3 Å². The number of carbonyl (C=O) groups is 1. The van der Waals surface area contributed by atoms with Gasteiger partial charge >= 0.3 is 0 Å². The summed E-state index contributed by atoms with van der Waals surface area (Å²) in [5, 5.41) is 1.23. The van der Waals surface area contributed by atoms with E-state index in [2.05, 4.69) is 18.7 Å². The molecule has 0 atom stereocenters. The zero-order valence-electron chi connectivity index (χ0n) is 20.9. The highest BCUT2D eigenvalue weighted by Crippen LogP contribution is 2.33. The van der Waals surface area contributed by atoms with E-state index in [1.165, 1.54) is 27.8 Å². The third kappa shape index (κ3) is 6.03. The molecular formula is C25H33ClN4O3S2. The van der Waals surface area contributed by atoms with Crippen LogP contribution in [0.5, 0.6) is 0 Å². The molecule has 1 aromatic heterocycles. The van der Waals surface area contributed by atoms with Crippen LogP contribution in [0.2, 0.25) is 5.02 Å². The van der Waals surface area contributed by atoms with Crippen molar-refractivity contribution in [3.05, 3.63) is 52.5 Å². The van der Waals surface area contributed by atoms with Gasteiger partial charge in [0.05, 0.1) is 15.1 Å². The molecule has 0 aliphatic heterocycles. The summed E-state index contributed by atoms with van der Waals surface area (Å²) in [5.41, 5.74) is 2.20. The Bertz CT molecular complexity index is 1270. The fourth-order valence-electron chi connectivity index (χ4n) is 3.96. The third-order valence-corrected chi connectivity index (χ3v) is 9.40. The molecule has 0 spiro atoms. The zero-order valence-corrected chi connectivity index (χ0v) is 23.3. The van der Waals surface area contributed by atoms with Crippen LogP contribution in [0, 0.1) is 6.92 Å². The topological polar surface area (TPSA) is 73.8 Å². The molecule has 2 aromatic carbocycles. The van der Waals surface area contributed by atoms with Crippen LogP contribution >= 0.6 is 22.9 Å². The van der Waals surface area contributed by atoms with Crippen molar-refractivity contribution in [2.24, 2.45) is 0 Å². The summed E-state index contributed by atoms with van der Waals surface area (Å²) in [4.78, 5) is 22.5. The monoisotopic (exact) mass is 536 g/mol. The largest absolute Gasteiger partial charge is 0.302 e. The molecule has 0 saturated heterocycles. The minimum atomic E-state index is -3.59. The first kappa shape index (κ1) is 27.5. The number of anilines is 1. The number of hydrogen-bond acceptors (Lipinski definition) is 6. The molecule has 0 bridgehead atoms. The summed E-state index contributed by atoms with van der Waals surface area (Å²) in [6, 6.07) is 9.91. The van der Waals surface area contributed by atoms with Crippen LogP contribution in [-0.2, 0) is 10.0 Å². The van der Waals surface area contributed by atoms with E-state index in [0.717, 1.165) is 28.9 Å². The molecule has 190 valence electrons. The third-order valence-electron chi connectivity index (χ3n) is 6.09. The Kier molecular flexibility index (Phi) is 9.28. The van der Waals surface area contributed by atoms with Gasteiger partial charge in [0.1, 0.15) is 0 Å². The molecule has 0 radical (unpaired) electrons. The number of hydrogen-bond donors (Lipinski definition) is 0. The van der Waals surface area contributed by atoms with E-state index in [-0.39, 0.29) is 10.8 Å². The fraction of sp³-hybridized carbons (Fsp3) is 0.440.